The molecule has 0 radical (unpaired) electrons. The standard InChI is InChI=1S/C19H23NO4/c1-12(4-9-18(21)22)20-19(23)13(2)14-5-6-16-11-17(24-3)8-7-15(16)10-14/h5-8,10-13H,4,9H2,1-3H3,(H,20,23)(H,21,22). The van der Waals surface area contributed by atoms with Crippen LogP contribution in [0.1, 0.15) is 38.2 Å². The van der Waals surface area contributed by atoms with Crippen molar-refractivity contribution in [1.82, 2.24) is 5.32 Å². The molecule has 0 saturated heterocycles. The molecule has 0 spiro atoms. The van der Waals surface area contributed by atoms with Crippen molar-refractivity contribution in [1.29, 1.82) is 0 Å². The molecule has 24 heavy (non-hydrogen) atoms. The first-order chi connectivity index (χ1) is 11.4. The van der Waals surface area contributed by atoms with Crippen LogP contribution in [0.25, 0.3) is 10.8 Å². The number of fused-ring (bicyclic) bond motifs is 1. The first kappa shape index (κ1) is 17.8. The van der Waals surface area contributed by atoms with Gasteiger partial charge in [-0.1, -0.05) is 24.3 Å². The minimum absolute atomic E-state index is 0.0492. The van der Waals surface area contributed by atoms with Gasteiger partial charge in [-0.05, 0) is 48.7 Å². The lowest BCUT2D eigenvalue weighted by Gasteiger charge is -2.17. The third-order valence-corrected chi connectivity index (χ3v) is 4.14. The molecule has 1 amide bonds. The third-order valence-electron chi connectivity index (χ3n) is 4.14. The molecule has 2 aromatic rings. The highest BCUT2D eigenvalue weighted by Gasteiger charge is 2.18. The molecule has 0 heterocycles. The van der Waals surface area contributed by atoms with Gasteiger partial charge in [0.1, 0.15) is 5.75 Å². The number of nitrogens with one attached hydrogen (secondary N) is 1. The highest BCUT2D eigenvalue weighted by Crippen LogP contribution is 2.25. The Kier molecular flexibility index (Phi) is 5.79. The second kappa shape index (κ2) is 7.81. The van der Waals surface area contributed by atoms with Crippen LogP contribution in [0.2, 0.25) is 0 Å². The molecule has 0 aliphatic heterocycles. The van der Waals surface area contributed by atoms with E-state index in [1.54, 1.807) is 7.11 Å². The number of carbonyl (C=O) groups is 2. The summed E-state index contributed by atoms with van der Waals surface area (Å²) in [5.74, 6) is -0.452. The molecule has 0 saturated carbocycles. The van der Waals surface area contributed by atoms with Crippen molar-refractivity contribution >= 4 is 22.6 Å². The minimum atomic E-state index is -0.853. The first-order valence-corrected chi connectivity index (χ1v) is 8.00. The summed E-state index contributed by atoms with van der Waals surface area (Å²) in [5.41, 5.74) is 0.926. The summed E-state index contributed by atoms with van der Waals surface area (Å²) in [6.45, 7) is 3.67. The third kappa shape index (κ3) is 4.47. The number of methoxy groups -OCH3 is 1. The Bertz CT molecular complexity index is 741. The SMILES string of the molecule is COc1ccc2cc(C(C)C(=O)NC(C)CCC(=O)O)ccc2c1. The van der Waals surface area contributed by atoms with Gasteiger partial charge in [-0.15, -0.1) is 0 Å². The van der Waals surface area contributed by atoms with E-state index in [1.165, 1.54) is 0 Å². The first-order valence-electron chi connectivity index (χ1n) is 8.00. The van der Waals surface area contributed by atoms with Gasteiger partial charge in [0, 0.05) is 12.5 Å². The molecule has 2 aromatic carbocycles. The molecule has 0 aromatic heterocycles. The van der Waals surface area contributed by atoms with Crippen LogP contribution in [0, 0.1) is 0 Å². The zero-order valence-corrected chi connectivity index (χ0v) is 14.2. The summed E-state index contributed by atoms with van der Waals surface area (Å²) in [6, 6.07) is 11.6. The van der Waals surface area contributed by atoms with Crippen LogP contribution in [0.3, 0.4) is 0 Å². The van der Waals surface area contributed by atoms with E-state index in [1.807, 2.05) is 50.2 Å². The number of carbonyl (C=O) groups excluding carboxylic acids is 1. The molecule has 0 fully saturated rings. The van der Waals surface area contributed by atoms with Gasteiger partial charge in [0.15, 0.2) is 0 Å². The van der Waals surface area contributed by atoms with Crippen LogP contribution in [0.15, 0.2) is 36.4 Å². The molecular formula is C19H23NO4. The van der Waals surface area contributed by atoms with E-state index in [4.69, 9.17) is 9.84 Å². The topological polar surface area (TPSA) is 75.6 Å². The predicted molar refractivity (Wildman–Crippen MR) is 93.4 cm³/mol. The lowest BCUT2D eigenvalue weighted by molar-refractivity contribution is -0.137. The Morgan fingerprint density at radius 3 is 2.46 bits per heavy atom. The number of benzene rings is 2. The summed E-state index contributed by atoms with van der Waals surface area (Å²) in [7, 11) is 1.63. The summed E-state index contributed by atoms with van der Waals surface area (Å²) in [4.78, 5) is 22.9. The second-order valence-electron chi connectivity index (χ2n) is 6.04. The molecule has 2 atom stereocenters. The Balaban J connectivity index is 2.08. The number of carboxylic acids is 1. The van der Waals surface area contributed by atoms with E-state index in [0.717, 1.165) is 22.1 Å². The summed E-state index contributed by atoms with van der Waals surface area (Å²) >= 11 is 0. The number of hydrogen-bond donors (Lipinski definition) is 2. The van der Waals surface area contributed by atoms with E-state index in [0.29, 0.717) is 6.42 Å². The number of rotatable bonds is 7. The molecule has 0 aliphatic rings. The van der Waals surface area contributed by atoms with E-state index >= 15 is 0 Å². The van der Waals surface area contributed by atoms with Crippen LogP contribution >= 0.6 is 0 Å². The molecule has 0 aliphatic carbocycles. The van der Waals surface area contributed by atoms with Gasteiger partial charge < -0.3 is 15.2 Å². The largest absolute Gasteiger partial charge is 0.497 e. The molecule has 2 rings (SSSR count). The van der Waals surface area contributed by atoms with Gasteiger partial charge in [0.25, 0.3) is 0 Å². The monoisotopic (exact) mass is 329 g/mol. The van der Waals surface area contributed by atoms with Gasteiger partial charge in [0.2, 0.25) is 5.91 Å². The van der Waals surface area contributed by atoms with Crippen LogP contribution in [-0.2, 0) is 9.59 Å². The minimum Gasteiger partial charge on any atom is -0.497 e. The van der Waals surface area contributed by atoms with Crippen LogP contribution in [0.4, 0.5) is 0 Å². The van der Waals surface area contributed by atoms with Gasteiger partial charge in [-0.2, -0.15) is 0 Å². The van der Waals surface area contributed by atoms with E-state index < -0.39 is 5.97 Å². The zero-order valence-electron chi connectivity index (χ0n) is 14.2. The van der Waals surface area contributed by atoms with Crippen molar-refractivity contribution in [2.75, 3.05) is 7.11 Å². The van der Waals surface area contributed by atoms with E-state index in [9.17, 15) is 9.59 Å². The van der Waals surface area contributed by atoms with Crippen LogP contribution < -0.4 is 10.1 Å². The van der Waals surface area contributed by atoms with E-state index in [-0.39, 0.29) is 24.3 Å². The average Bonchev–Trinajstić information content (AvgIpc) is 2.58. The molecule has 5 heteroatoms. The highest BCUT2D eigenvalue weighted by atomic mass is 16.5. The van der Waals surface area contributed by atoms with Gasteiger partial charge in [-0.25, -0.2) is 0 Å². The summed E-state index contributed by atoms with van der Waals surface area (Å²) in [5, 5.41) is 13.7. The van der Waals surface area contributed by atoms with Crippen molar-refractivity contribution in [3.63, 3.8) is 0 Å². The normalized spacial score (nSPS) is 13.3. The number of aliphatic carboxylic acids is 1. The molecule has 128 valence electrons. The maximum Gasteiger partial charge on any atom is 0.303 e. The molecule has 5 nitrogen and oxygen atoms in total. The lowest BCUT2D eigenvalue weighted by atomic mass is 9.96. The smallest absolute Gasteiger partial charge is 0.303 e. The fraction of sp³-hybridized carbons (Fsp3) is 0.368. The molecular weight excluding hydrogens is 306 g/mol. The zero-order chi connectivity index (χ0) is 17.7. The maximum absolute atomic E-state index is 12.4. The van der Waals surface area contributed by atoms with Crippen molar-refractivity contribution in [3.8, 4) is 5.75 Å². The van der Waals surface area contributed by atoms with Crippen molar-refractivity contribution in [3.05, 3.63) is 42.0 Å². The summed E-state index contributed by atoms with van der Waals surface area (Å²) < 4.78 is 5.22. The Labute approximate surface area is 141 Å². The molecule has 2 unspecified atom stereocenters. The van der Waals surface area contributed by atoms with Crippen LogP contribution in [-0.4, -0.2) is 30.1 Å². The number of hydrogen-bond acceptors (Lipinski definition) is 3. The van der Waals surface area contributed by atoms with Gasteiger partial charge in [0.05, 0.1) is 13.0 Å². The average molecular weight is 329 g/mol. The Morgan fingerprint density at radius 1 is 1.12 bits per heavy atom. The number of ether oxygens (including phenoxy) is 1. The van der Waals surface area contributed by atoms with Crippen molar-refractivity contribution < 1.29 is 19.4 Å². The van der Waals surface area contributed by atoms with Gasteiger partial charge >= 0.3 is 5.97 Å². The highest BCUT2D eigenvalue weighted by molar-refractivity contribution is 5.88. The second-order valence-corrected chi connectivity index (χ2v) is 6.04. The number of carboxylic acid groups (broad SMARTS) is 1. The fourth-order valence-corrected chi connectivity index (χ4v) is 2.57. The maximum atomic E-state index is 12.4. The number of amides is 1. The predicted octanol–water partition coefficient (Wildman–Crippen LogP) is 3.32. The quantitative estimate of drug-likeness (QED) is 0.817. The van der Waals surface area contributed by atoms with Crippen molar-refractivity contribution in [2.24, 2.45) is 0 Å². The molecule has 2 N–H and O–H groups in total. The van der Waals surface area contributed by atoms with Gasteiger partial charge in [-0.3, -0.25) is 9.59 Å². The Hall–Kier alpha value is -2.56. The van der Waals surface area contributed by atoms with Crippen molar-refractivity contribution in [2.45, 2.75) is 38.6 Å². The lowest BCUT2D eigenvalue weighted by Crippen LogP contribution is -2.35. The van der Waals surface area contributed by atoms with Crippen LogP contribution in [0.5, 0.6) is 5.75 Å². The van der Waals surface area contributed by atoms with E-state index in [2.05, 4.69) is 5.32 Å². The Morgan fingerprint density at radius 2 is 1.79 bits per heavy atom. The molecule has 0 bridgehead atoms. The summed E-state index contributed by atoms with van der Waals surface area (Å²) in [6.07, 6.45) is 0.471. The fourth-order valence-electron chi connectivity index (χ4n) is 2.57.